The van der Waals surface area contributed by atoms with Crippen LogP contribution in [0.15, 0.2) is 59.7 Å². The molecule has 0 unspecified atom stereocenters. The second kappa shape index (κ2) is 7.61. The van der Waals surface area contributed by atoms with E-state index in [2.05, 4.69) is 4.98 Å². The van der Waals surface area contributed by atoms with E-state index >= 15 is 0 Å². The molecule has 4 nitrogen and oxygen atoms in total. The highest BCUT2D eigenvalue weighted by atomic mass is 19.1. The van der Waals surface area contributed by atoms with Crippen LogP contribution in [0.25, 0.3) is 0 Å². The number of aryl methyl sites for hydroxylation is 2. The molecule has 0 saturated heterocycles. The van der Waals surface area contributed by atoms with Gasteiger partial charge in [0.05, 0.1) is 5.69 Å². The molecule has 0 aliphatic carbocycles. The van der Waals surface area contributed by atoms with Crippen molar-refractivity contribution in [2.75, 3.05) is 0 Å². The summed E-state index contributed by atoms with van der Waals surface area (Å²) in [7, 11) is 1.55. The van der Waals surface area contributed by atoms with Crippen molar-refractivity contribution in [1.82, 2.24) is 9.55 Å². The number of rotatable bonds is 5. The Kier molecular flexibility index (Phi) is 5.26. The first-order chi connectivity index (χ1) is 12.9. The number of nitrogens with zero attached hydrogens (tertiary/aromatic N) is 2. The smallest absolute Gasteiger partial charge is 0.250 e. The maximum atomic E-state index is 14.4. The molecule has 0 radical (unpaired) electrons. The van der Waals surface area contributed by atoms with Crippen molar-refractivity contribution in [1.29, 1.82) is 0 Å². The van der Waals surface area contributed by atoms with E-state index < -0.39 is 11.7 Å². The van der Waals surface area contributed by atoms with Gasteiger partial charge in [-0.1, -0.05) is 12.1 Å². The van der Waals surface area contributed by atoms with E-state index in [1.165, 1.54) is 53.4 Å². The van der Waals surface area contributed by atoms with Gasteiger partial charge in [-0.05, 0) is 42.3 Å². The number of carbonyl (C=O) groups excluding carboxylic acids is 1. The highest BCUT2D eigenvalue weighted by Crippen LogP contribution is 2.30. The fraction of sp³-hybridized carbons (Fsp3) is 0.190. The monoisotopic (exact) mass is 368 g/mol. The van der Waals surface area contributed by atoms with Crippen LogP contribution in [0, 0.1) is 18.6 Å². The van der Waals surface area contributed by atoms with E-state index in [4.69, 9.17) is 0 Å². The Balaban J connectivity index is 2.03. The van der Waals surface area contributed by atoms with Gasteiger partial charge in [0.25, 0.3) is 0 Å². The molecule has 2 aromatic heterocycles. The Labute approximate surface area is 155 Å². The molecule has 138 valence electrons. The van der Waals surface area contributed by atoms with Crippen LogP contribution < -0.4 is 5.56 Å². The topological polar surface area (TPSA) is 52.0 Å². The Bertz CT molecular complexity index is 1060. The average Bonchev–Trinajstić information content (AvgIpc) is 2.65. The molecule has 0 aliphatic heterocycles. The Hall–Kier alpha value is -3.15. The standard InChI is InChI=1S/C21H18F2N2O2/c1-13-10-14(5-7-17(13)22)16(21-18(23)4-3-9-24-21)11-19(26)15-6-8-20(27)25(2)12-15/h3-10,12,16H,11H2,1-2H3/t16-/m0/s1. The zero-order valence-corrected chi connectivity index (χ0v) is 14.9. The quantitative estimate of drug-likeness (QED) is 0.644. The summed E-state index contributed by atoms with van der Waals surface area (Å²) < 4.78 is 29.4. The highest BCUT2D eigenvalue weighted by Gasteiger charge is 2.24. The fourth-order valence-electron chi connectivity index (χ4n) is 2.97. The molecule has 3 rings (SSSR count). The summed E-state index contributed by atoms with van der Waals surface area (Å²) in [6.45, 7) is 1.61. The van der Waals surface area contributed by atoms with Gasteiger partial charge in [-0.25, -0.2) is 8.78 Å². The third-order valence-electron chi connectivity index (χ3n) is 4.50. The van der Waals surface area contributed by atoms with Gasteiger partial charge in [0.1, 0.15) is 11.6 Å². The summed E-state index contributed by atoms with van der Waals surface area (Å²) in [5.74, 6) is -1.83. The second-order valence-electron chi connectivity index (χ2n) is 6.43. The second-order valence-corrected chi connectivity index (χ2v) is 6.43. The number of Topliss-reactive ketones (excluding diaryl/α,β-unsaturated/α-hetero) is 1. The molecule has 6 heteroatoms. The van der Waals surface area contributed by atoms with Gasteiger partial charge in [0, 0.05) is 43.4 Å². The minimum atomic E-state index is -0.671. The summed E-state index contributed by atoms with van der Waals surface area (Å²) in [6.07, 6.45) is 2.85. The Morgan fingerprint density at radius 2 is 1.93 bits per heavy atom. The van der Waals surface area contributed by atoms with Gasteiger partial charge in [0.2, 0.25) is 5.56 Å². The number of hydrogen-bond donors (Lipinski definition) is 0. The summed E-state index contributed by atoms with van der Waals surface area (Å²) in [4.78, 5) is 28.4. The zero-order chi connectivity index (χ0) is 19.6. The molecule has 0 fully saturated rings. The molecular formula is C21H18F2N2O2. The van der Waals surface area contributed by atoms with Crippen molar-refractivity contribution in [3.8, 4) is 0 Å². The van der Waals surface area contributed by atoms with Crippen LogP contribution in [0.5, 0.6) is 0 Å². The van der Waals surface area contributed by atoms with Gasteiger partial charge in [-0.15, -0.1) is 0 Å². The van der Waals surface area contributed by atoms with E-state index in [0.29, 0.717) is 16.7 Å². The third-order valence-corrected chi connectivity index (χ3v) is 4.50. The van der Waals surface area contributed by atoms with Crippen LogP contribution in [-0.2, 0) is 7.05 Å². The van der Waals surface area contributed by atoms with Crippen LogP contribution in [0.4, 0.5) is 8.78 Å². The third kappa shape index (κ3) is 4.00. The van der Waals surface area contributed by atoms with Crippen molar-refractivity contribution < 1.29 is 13.6 Å². The molecule has 3 aromatic rings. The number of hydrogen-bond acceptors (Lipinski definition) is 3. The predicted octanol–water partition coefficient (Wildman–Crippen LogP) is 3.77. The molecule has 0 bridgehead atoms. The highest BCUT2D eigenvalue weighted by molar-refractivity contribution is 5.96. The summed E-state index contributed by atoms with van der Waals surface area (Å²) in [5, 5.41) is 0. The van der Waals surface area contributed by atoms with Crippen molar-refractivity contribution >= 4 is 5.78 Å². The lowest BCUT2D eigenvalue weighted by Gasteiger charge is -2.18. The Morgan fingerprint density at radius 3 is 2.59 bits per heavy atom. The van der Waals surface area contributed by atoms with Crippen LogP contribution in [0.2, 0.25) is 0 Å². The molecule has 0 amide bonds. The van der Waals surface area contributed by atoms with E-state index in [-0.39, 0.29) is 29.3 Å². The van der Waals surface area contributed by atoms with Gasteiger partial charge in [-0.2, -0.15) is 0 Å². The first kappa shape index (κ1) is 18.6. The van der Waals surface area contributed by atoms with E-state index in [0.717, 1.165) is 0 Å². The molecule has 1 aromatic carbocycles. The minimum Gasteiger partial charge on any atom is -0.318 e. The summed E-state index contributed by atoms with van der Waals surface area (Å²) in [5.41, 5.74) is 1.25. The van der Waals surface area contributed by atoms with Crippen LogP contribution >= 0.6 is 0 Å². The van der Waals surface area contributed by atoms with Crippen molar-refractivity contribution in [3.63, 3.8) is 0 Å². The summed E-state index contributed by atoms with van der Waals surface area (Å²) in [6, 6.07) is 9.95. The number of halogens is 2. The number of aromatic nitrogens is 2. The first-order valence-corrected chi connectivity index (χ1v) is 8.43. The minimum absolute atomic E-state index is 0.0583. The van der Waals surface area contributed by atoms with Gasteiger partial charge < -0.3 is 4.57 Å². The SMILES string of the molecule is Cc1cc([C@H](CC(=O)c2ccc(=O)n(C)c2)c2ncccc2F)ccc1F. The van der Waals surface area contributed by atoms with E-state index in [1.54, 1.807) is 20.0 Å². The van der Waals surface area contributed by atoms with Gasteiger partial charge >= 0.3 is 0 Å². The molecule has 0 aliphatic rings. The number of benzene rings is 1. The van der Waals surface area contributed by atoms with Crippen LogP contribution in [0.1, 0.15) is 39.5 Å². The summed E-state index contributed by atoms with van der Waals surface area (Å²) >= 11 is 0. The molecule has 0 spiro atoms. The number of carbonyl (C=O) groups is 1. The number of pyridine rings is 2. The van der Waals surface area contributed by atoms with Crippen LogP contribution in [0.3, 0.4) is 0 Å². The van der Waals surface area contributed by atoms with Gasteiger partial charge in [-0.3, -0.25) is 14.6 Å². The normalized spacial score (nSPS) is 12.0. The average molecular weight is 368 g/mol. The van der Waals surface area contributed by atoms with Crippen molar-refractivity contribution in [2.45, 2.75) is 19.3 Å². The number of ketones is 1. The molecule has 0 saturated carbocycles. The zero-order valence-electron chi connectivity index (χ0n) is 14.9. The predicted molar refractivity (Wildman–Crippen MR) is 97.8 cm³/mol. The van der Waals surface area contributed by atoms with Crippen LogP contribution in [-0.4, -0.2) is 15.3 Å². The van der Waals surface area contributed by atoms with E-state index in [9.17, 15) is 18.4 Å². The van der Waals surface area contributed by atoms with E-state index in [1.807, 2.05) is 0 Å². The Morgan fingerprint density at radius 1 is 1.15 bits per heavy atom. The van der Waals surface area contributed by atoms with Gasteiger partial charge in [0.15, 0.2) is 5.78 Å². The lowest BCUT2D eigenvalue weighted by Crippen LogP contribution is -2.18. The van der Waals surface area contributed by atoms with Crippen molar-refractivity contribution in [2.24, 2.45) is 7.05 Å². The van der Waals surface area contributed by atoms with Crippen molar-refractivity contribution in [3.05, 3.63) is 99.2 Å². The molecule has 27 heavy (non-hydrogen) atoms. The molecular weight excluding hydrogens is 350 g/mol. The first-order valence-electron chi connectivity index (χ1n) is 8.43. The fourth-order valence-corrected chi connectivity index (χ4v) is 2.97. The molecule has 0 N–H and O–H groups in total. The maximum Gasteiger partial charge on any atom is 0.250 e. The lowest BCUT2D eigenvalue weighted by atomic mass is 9.87. The molecule has 2 heterocycles. The lowest BCUT2D eigenvalue weighted by molar-refractivity contribution is 0.0976. The largest absolute Gasteiger partial charge is 0.318 e. The molecule has 1 atom stereocenters. The maximum absolute atomic E-state index is 14.4.